The SMILES string of the molecule is CC(=O)c1c(O)c(C)c(O)c2c1OC1=CC(=O)/C(=C(/C)NC[C@H](O)c3ccc(O)cc3)C(=O)[C@@]12C. The van der Waals surface area contributed by atoms with E-state index in [1.807, 2.05) is 0 Å². The van der Waals surface area contributed by atoms with Crippen LogP contribution in [0.1, 0.15) is 53.9 Å². The molecule has 0 amide bonds. The van der Waals surface area contributed by atoms with Crippen LogP contribution in [0, 0.1) is 6.92 Å². The Balaban J connectivity index is 1.75. The fraction of sp³-hybridized carbons (Fsp3) is 0.269. The molecule has 1 aliphatic carbocycles. The number of ether oxygens (including phenoxy) is 1. The molecule has 2 atom stereocenters. The summed E-state index contributed by atoms with van der Waals surface area (Å²) in [5.41, 5.74) is -1.20. The normalized spacial score (nSPS) is 21.0. The van der Waals surface area contributed by atoms with Gasteiger partial charge in [-0.25, -0.2) is 0 Å². The molecule has 0 bridgehead atoms. The van der Waals surface area contributed by atoms with Gasteiger partial charge in [0.1, 0.15) is 39.7 Å². The van der Waals surface area contributed by atoms with Crippen molar-refractivity contribution in [2.24, 2.45) is 0 Å². The van der Waals surface area contributed by atoms with Crippen LogP contribution in [0.5, 0.6) is 23.0 Å². The van der Waals surface area contributed by atoms with Crippen LogP contribution in [-0.4, -0.2) is 44.3 Å². The Bertz CT molecular complexity index is 1350. The van der Waals surface area contributed by atoms with E-state index < -0.39 is 40.4 Å². The van der Waals surface area contributed by atoms with Crippen molar-refractivity contribution < 1.29 is 39.5 Å². The summed E-state index contributed by atoms with van der Waals surface area (Å²) in [5, 5.41) is 44.0. The van der Waals surface area contributed by atoms with E-state index in [-0.39, 0.29) is 51.8 Å². The molecule has 4 rings (SSSR count). The van der Waals surface area contributed by atoms with E-state index >= 15 is 0 Å². The molecule has 5 N–H and O–H groups in total. The number of allylic oxidation sites excluding steroid dienone is 4. The lowest BCUT2D eigenvalue weighted by Crippen LogP contribution is -2.41. The molecular weight excluding hydrogens is 454 g/mol. The number of aliphatic hydroxyl groups is 1. The molecule has 182 valence electrons. The molecule has 0 aromatic heterocycles. The Hall–Kier alpha value is -4.11. The molecule has 1 aliphatic heterocycles. The molecule has 0 saturated heterocycles. The van der Waals surface area contributed by atoms with Gasteiger partial charge in [-0.05, 0) is 45.4 Å². The van der Waals surface area contributed by atoms with Crippen LogP contribution in [-0.2, 0) is 15.0 Å². The van der Waals surface area contributed by atoms with Gasteiger partial charge in [0.25, 0.3) is 0 Å². The van der Waals surface area contributed by atoms with Crippen LogP contribution in [0.3, 0.4) is 0 Å². The maximum atomic E-state index is 13.7. The van der Waals surface area contributed by atoms with Crippen LogP contribution in [0.4, 0.5) is 0 Å². The summed E-state index contributed by atoms with van der Waals surface area (Å²) in [5.74, 6) is -2.81. The highest BCUT2D eigenvalue weighted by Gasteiger charge is 2.56. The van der Waals surface area contributed by atoms with Gasteiger partial charge >= 0.3 is 0 Å². The van der Waals surface area contributed by atoms with Gasteiger partial charge in [-0.1, -0.05) is 12.1 Å². The summed E-state index contributed by atoms with van der Waals surface area (Å²) in [6.45, 7) is 5.62. The van der Waals surface area contributed by atoms with Gasteiger partial charge in [0.05, 0.1) is 17.2 Å². The topological polar surface area (TPSA) is 153 Å². The molecule has 2 aromatic rings. The Labute approximate surface area is 201 Å². The summed E-state index contributed by atoms with van der Waals surface area (Å²) in [6, 6.07) is 5.97. The smallest absolute Gasteiger partial charge is 0.194 e. The minimum absolute atomic E-state index is 0.0103. The maximum absolute atomic E-state index is 13.7. The number of carbonyl (C=O) groups excluding carboxylic acids is 3. The molecule has 0 saturated carbocycles. The van der Waals surface area contributed by atoms with Crippen molar-refractivity contribution in [3.05, 3.63) is 69.6 Å². The largest absolute Gasteiger partial charge is 0.508 e. The first-order valence-electron chi connectivity index (χ1n) is 10.9. The molecule has 0 spiro atoms. The first kappa shape index (κ1) is 24.0. The van der Waals surface area contributed by atoms with E-state index in [2.05, 4.69) is 5.32 Å². The summed E-state index contributed by atoms with van der Waals surface area (Å²) in [7, 11) is 0. The van der Waals surface area contributed by atoms with Gasteiger partial charge < -0.3 is 30.5 Å². The van der Waals surface area contributed by atoms with Crippen molar-refractivity contribution >= 4 is 17.3 Å². The molecule has 35 heavy (non-hydrogen) atoms. The third kappa shape index (κ3) is 3.55. The number of phenolic OH excluding ortho intramolecular Hbond substituents is 3. The van der Waals surface area contributed by atoms with Crippen molar-refractivity contribution in [2.75, 3.05) is 6.54 Å². The zero-order chi connectivity index (χ0) is 25.8. The van der Waals surface area contributed by atoms with Crippen LogP contribution in [0.2, 0.25) is 0 Å². The number of aromatic hydroxyl groups is 3. The van der Waals surface area contributed by atoms with Crippen LogP contribution >= 0.6 is 0 Å². The molecule has 2 aliphatic rings. The molecule has 0 unspecified atom stereocenters. The molecule has 9 heteroatoms. The number of hydrogen-bond donors (Lipinski definition) is 5. The number of ketones is 3. The number of Topliss-reactive ketones (excluding diaryl/α,β-unsaturated/α-hetero) is 2. The maximum Gasteiger partial charge on any atom is 0.194 e. The fourth-order valence-corrected chi connectivity index (χ4v) is 4.51. The standard InChI is InChI=1S/C26H25NO8/c1-11-22(32)20(13(3)28)24-21(23(11)33)26(4)18(35-24)9-16(30)19(25(26)34)12(2)27-10-17(31)14-5-7-15(29)8-6-14/h5-9,17,27,29,31-33H,10H2,1-4H3/b19-12+/t17-,26-/m0/s1. The molecule has 2 aromatic carbocycles. The van der Waals surface area contributed by atoms with Gasteiger partial charge in [0.15, 0.2) is 17.3 Å². The van der Waals surface area contributed by atoms with E-state index in [4.69, 9.17) is 4.74 Å². The second kappa shape index (κ2) is 8.28. The van der Waals surface area contributed by atoms with Crippen molar-refractivity contribution in [3.8, 4) is 23.0 Å². The van der Waals surface area contributed by atoms with Crippen molar-refractivity contribution in [2.45, 2.75) is 39.2 Å². The Morgan fingerprint density at radius 1 is 1.09 bits per heavy atom. The number of fused-ring (bicyclic) bond motifs is 3. The predicted molar refractivity (Wildman–Crippen MR) is 124 cm³/mol. The van der Waals surface area contributed by atoms with Crippen molar-refractivity contribution in [1.82, 2.24) is 5.32 Å². The van der Waals surface area contributed by atoms with Gasteiger partial charge in [0.2, 0.25) is 0 Å². The summed E-state index contributed by atoms with van der Waals surface area (Å²) in [4.78, 5) is 38.9. The third-order valence-corrected chi connectivity index (χ3v) is 6.60. The van der Waals surface area contributed by atoms with E-state index in [0.717, 1.165) is 6.08 Å². The highest BCUT2D eigenvalue weighted by Crippen LogP contribution is 2.57. The Morgan fingerprint density at radius 2 is 1.71 bits per heavy atom. The lowest BCUT2D eigenvalue weighted by Gasteiger charge is -2.29. The summed E-state index contributed by atoms with van der Waals surface area (Å²) < 4.78 is 5.73. The quantitative estimate of drug-likeness (QED) is 0.247. The van der Waals surface area contributed by atoms with Gasteiger partial charge in [-0.2, -0.15) is 0 Å². The number of hydrogen-bond acceptors (Lipinski definition) is 9. The predicted octanol–water partition coefficient (Wildman–Crippen LogP) is 2.60. The summed E-state index contributed by atoms with van der Waals surface area (Å²) in [6.07, 6.45) is 0.151. The van der Waals surface area contributed by atoms with E-state index in [1.165, 1.54) is 39.8 Å². The van der Waals surface area contributed by atoms with Gasteiger partial charge in [-0.3, -0.25) is 14.4 Å². The number of nitrogens with one attached hydrogen (secondary N) is 1. The lowest BCUT2D eigenvalue weighted by molar-refractivity contribution is -0.123. The number of phenols is 3. The number of carbonyl (C=O) groups is 3. The van der Waals surface area contributed by atoms with Crippen molar-refractivity contribution in [3.63, 3.8) is 0 Å². The van der Waals surface area contributed by atoms with Crippen LogP contribution in [0.15, 0.2) is 47.4 Å². The van der Waals surface area contributed by atoms with Crippen LogP contribution in [0.25, 0.3) is 0 Å². The Morgan fingerprint density at radius 3 is 2.31 bits per heavy atom. The number of benzene rings is 2. The average Bonchev–Trinajstić information content (AvgIpc) is 3.09. The summed E-state index contributed by atoms with van der Waals surface area (Å²) >= 11 is 0. The van der Waals surface area contributed by atoms with Gasteiger partial charge in [-0.15, -0.1) is 0 Å². The second-order valence-corrected chi connectivity index (χ2v) is 8.87. The van der Waals surface area contributed by atoms with E-state index in [0.29, 0.717) is 5.56 Å². The highest BCUT2D eigenvalue weighted by atomic mass is 16.5. The second-order valence-electron chi connectivity index (χ2n) is 8.87. The molecular formula is C26H25NO8. The molecule has 9 nitrogen and oxygen atoms in total. The minimum atomic E-state index is -1.61. The number of aliphatic hydroxyl groups excluding tert-OH is 1. The zero-order valence-corrected chi connectivity index (χ0v) is 19.6. The first-order valence-corrected chi connectivity index (χ1v) is 10.9. The zero-order valence-electron chi connectivity index (χ0n) is 19.6. The fourth-order valence-electron chi connectivity index (χ4n) is 4.51. The molecule has 0 radical (unpaired) electrons. The highest BCUT2D eigenvalue weighted by molar-refractivity contribution is 6.31. The first-order chi connectivity index (χ1) is 16.4. The molecule has 1 heterocycles. The lowest BCUT2D eigenvalue weighted by atomic mass is 9.70. The number of rotatable bonds is 5. The van der Waals surface area contributed by atoms with E-state index in [1.54, 1.807) is 12.1 Å². The Kier molecular flexibility index (Phi) is 5.68. The van der Waals surface area contributed by atoms with Gasteiger partial charge in [0, 0.05) is 23.9 Å². The van der Waals surface area contributed by atoms with Crippen LogP contribution < -0.4 is 10.1 Å². The van der Waals surface area contributed by atoms with E-state index in [9.17, 15) is 34.8 Å². The van der Waals surface area contributed by atoms with Crippen molar-refractivity contribution in [1.29, 1.82) is 0 Å². The molecule has 0 fully saturated rings. The minimum Gasteiger partial charge on any atom is -0.508 e. The third-order valence-electron chi connectivity index (χ3n) is 6.60. The average molecular weight is 479 g/mol. The monoisotopic (exact) mass is 479 g/mol.